The van der Waals surface area contributed by atoms with Crippen LogP contribution in [0.5, 0.6) is 11.5 Å². The molecule has 2 N–H and O–H groups in total. The van der Waals surface area contributed by atoms with Gasteiger partial charge in [0.1, 0.15) is 11.5 Å². The number of sulfone groups is 1. The van der Waals surface area contributed by atoms with E-state index in [4.69, 9.17) is 9.47 Å². The molecular weight excluding hydrogens is 497 g/mol. The molecule has 8 nitrogen and oxygen atoms in total. The summed E-state index contributed by atoms with van der Waals surface area (Å²) in [5, 5.41) is 3.61. The zero-order valence-corrected chi connectivity index (χ0v) is 21.5. The second-order valence-electron chi connectivity index (χ2n) is 8.49. The summed E-state index contributed by atoms with van der Waals surface area (Å²) in [7, 11) is -0.480. The summed E-state index contributed by atoms with van der Waals surface area (Å²) in [5.41, 5.74) is 3.04. The molecule has 0 saturated carbocycles. The third-order valence-electron chi connectivity index (χ3n) is 5.88. The maximum atomic E-state index is 14.1. The highest BCUT2D eigenvalue weighted by atomic mass is 32.2. The summed E-state index contributed by atoms with van der Waals surface area (Å²) in [4.78, 5) is 19.9. The van der Waals surface area contributed by atoms with Crippen molar-refractivity contribution >= 4 is 32.9 Å². The van der Waals surface area contributed by atoms with E-state index in [1.54, 1.807) is 38.6 Å². The third-order valence-corrected chi connectivity index (χ3v) is 6.97. The Labute approximate surface area is 214 Å². The van der Waals surface area contributed by atoms with Crippen LogP contribution in [0.4, 0.5) is 4.39 Å². The number of fused-ring (bicyclic) bond motifs is 1. The maximum absolute atomic E-state index is 14.1. The van der Waals surface area contributed by atoms with Gasteiger partial charge in [-0.25, -0.2) is 17.8 Å². The number of rotatable bonds is 8. The smallest absolute Gasteiger partial charge is 0.244 e. The second kappa shape index (κ2) is 10.4. The molecule has 2 aromatic heterocycles. The topological polar surface area (TPSA) is 110 Å². The van der Waals surface area contributed by atoms with E-state index in [1.807, 2.05) is 19.1 Å². The molecule has 0 aliphatic carbocycles. The van der Waals surface area contributed by atoms with E-state index in [9.17, 15) is 17.6 Å². The molecule has 1 amide bonds. The molecule has 0 bridgehead atoms. The van der Waals surface area contributed by atoms with Crippen molar-refractivity contribution in [2.24, 2.45) is 0 Å². The number of methoxy groups -OCH3 is 2. The van der Waals surface area contributed by atoms with Crippen LogP contribution < -0.4 is 14.8 Å². The average Bonchev–Trinajstić information content (AvgIpc) is 3.28. The second-order valence-corrected chi connectivity index (χ2v) is 10.5. The Morgan fingerprint density at radius 1 is 1.08 bits per heavy atom. The first-order valence-corrected chi connectivity index (χ1v) is 13.2. The highest BCUT2D eigenvalue weighted by molar-refractivity contribution is 7.90. The van der Waals surface area contributed by atoms with Crippen LogP contribution in [0.3, 0.4) is 0 Å². The third kappa shape index (κ3) is 5.80. The van der Waals surface area contributed by atoms with Crippen LogP contribution in [-0.4, -0.2) is 44.8 Å². The number of hydrogen-bond donors (Lipinski definition) is 2. The summed E-state index contributed by atoms with van der Waals surface area (Å²) in [6, 6.07) is 10.6. The largest absolute Gasteiger partial charge is 0.493 e. The minimum Gasteiger partial charge on any atom is -0.493 e. The van der Waals surface area contributed by atoms with Crippen LogP contribution in [0.25, 0.3) is 28.2 Å². The van der Waals surface area contributed by atoms with Gasteiger partial charge < -0.3 is 19.8 Å². The van der Waals surface area contributed by atoms with Gasteiger partial charge in [0.2, 0.25) is 5.91 Å². The molecule has 0 radical (unpaired) electrons. The van der Waals surface area contributed by atoms with E-state index >= 15 is 0 Å². The van der Waals surface area contributed by atoms with E-state index in [-0.39, 0.29) is 16.8 Å². The fourth-order valence-electron chi connectivity index (χ4n) is 3.90. The lowest BCUT2D eigenvalue weighted by molar-refractivity contribution is -0.117. The first-order chi connectivity index (χ1) is 17.6. The Bertz CT molecular complexity index is 1610. The number of benzene rings is 2. The van der Waals surface area contributed by atoms with Gasteiger partial charge in [-0.15, -0.1) is 0 Å². The number of carbonyl (C=O) groups is 1. The number of aromatic nitrogens is 2. The standard InChI is InChI=1S/C27H26FN3O5S/c1-16(17-5-7-24(35-2)25(12-17)36-3)31-26(32)8-6-18-14-29-27-23(18)11-20(15-30-27)19-9-21(28)13-22(10-19)37(4,33)34/h5-16H,1-4H3,(H,29,30)(H,31,32)/b8-6+. The van der Waals surface area contributed by atoms with Gasteiger partial charge in [0.15, 0.2) is 21.3 Å². The van der Waals surface area contributed by atoms with Crippen molar-refractivity contribution in [3.05, 3.63) is 77.9 Å². The number of nitrogens with one attached hydrogen (secondary N) is 2. The van der Waals surface area contributed by atoms with Crippen molar-refractivity contribution in [3.63, 3.8) is 0 Å². The lowest BCUT2D eigenvalue weighted by Gasteiger charge is -2.15. The zero-order valence-electron chi connectivity index (χ0n) is 20.7. The normalized spacial score (nSPS) is 12.6. The monoisotopic (exact) mass is 523 g/mol. The van der Waals surface area contributed by atoms with Crippen molar-refractivity contribution in [1.82, 2.24) is 15.3 Å². The number of pyridine rings is 1. The Kier molecular flexibility index (Phi) is 7.30. The molecule has 192 valence electrons. The van der Waals surface area contributed by atoms with Gasteiger partial charge in [-0.3, -0.25) is 4.79 Å². The number of amides is 1. The number of halogens is 1. The summed E-state index contributed by atoms with van der Waals surface area (Å²) >= 11 is 0. The van der Waals surface area contributed by atoms with E-state index < -0.39 is 15.7 Å². The van der Waals surface area contributed by atoms with Crippen molar-refractivity contribution in [2.75, 3.05) is 20.5 Å². The minimum absolute atomic E-state index is 0.114. The first kappa shape index (κ1) is 25.9. The SMILES string of the molecule is COc1ccc(C(C)NC(=O)/C=C/c2c[nH]c3ncc(-c4cc(F)cc(S(C)(=O)=O)c4)cc23)cc1OC. The molecule has 2 aromatic carbocycles. The van der Waals surface area contributed by atoms with Crippen LogP contribution in [-0.2, 0) is 14.6 Å². The Hall–Kier alpha value is -4.18. The lowest BCUT2D eigenvalue weighted by atomic mass is 10.1. The van der Waals surface area contributed by atoms with Gasteiger partial charge in [-0.1, -0.05) is 6.07 Å². The molecule has 4 rings (SSSR count). The maximum Gasteiger partial charge on any atom is 0.244 e. The zero-order chi connectivity index (χ0) is 26.7. The minimum atomic E-state index is -3.59. The van der Waals surface area contributed by atoms with Gasteiger partial charge in [-0.05, 0) is 60.5 Å². The van der Waals surface area contributed by atoms with Crippen LogP contribution in [0, 0.1) is 5.82 Å². The average molecular weight is 524 g/mol. The molecule has 0 aliphatic heterocycles. The molecule has 1 atom stereocenters. The Morgan fingerprint density at radius 3 is 2.54 bits per heavy atom. The van der Waals surface area contributed by atoms with Crippen LogP contribution in [0.15, 0.2) is 65.8 Å². The fourth-order valence-corrected chi connectivity index (χ4v) is 4.56. The molecular formula is C27H26FN3O5S. The Morgan fingerprint density at radius 2 is 1.84 bits per heavy atom. The molecule has 1 unspecified atom stereocenters. The summed E-state index contributed by atoms with van der Waals surface area (Å²) in [6.45, 7) is 1.86. The van der Waals surface area contributed by atoms with E-state index in [2.05, 4.69) is 15.3 Å². The highest BCUT2D eigenvalue weighted by Gasteiger charge is 2.14. The first-order valence-electron chi connectivity index (χ1n) is 11.3. The molecule has 0 saturated heterocycles. The predicted molar refractivity (Wildman–Crippen MR) is 140 cm³/mol. The summed E-state index contributed by atoms with van der Waals surface area (Å²) in [5.74, 6) is 0.208. The molecule has 2 heterocycles. The quantitative estimate of drug-likeness (QED) is 0.325. The van der Waals surface area contributed by atoms with Gasteiger partial charge in [0, 0.05) is 41.2 Å². The number of carbonyl (C=O) groups excluding carboxylic acids is 1. The lowest BCUT2D eigenvalue weighted by Crippen LogP contribution is -2.24. The predicted octanol–water partition coefficient (Wildman–Crippen LogP) is 4.68. The van der Waals surface area contributed by atoms with Crippen LogP contribution >= 0.6 is 0 Å². The number of aromatic amines is 1. The molecule has 10 heteroatoms. The van der Waals surface area contributed by atoms with Crippen LogP contribution in [0.2, 0.25) is 0 Å². The Balaban J connectivity index is 1.56. The molecule has 0 spiro atoms. The molecule has 0 aliphatic rings. The number of ether oxygens (including phenoxy) is 2. The van der Waals surface area contributed by atoms with Crippen molar-refractivity contribution < 1.29 is 27.1 Å². The van der Waals surface area contributed by atoms with Gasteiger partial charge in [0.05, 0.1) is 25.2 Å². The van der Waals surface area contributed by atoms with E-state index in [1.165, 1.54) is 24.4 Å². The fraction of sp³-hybridized carbons (Fsp3) is 0.185. The molecule has 37 heavy (non-hydrogen) atoms. The van der Waals surface area contributed by atoms with Gasteiger partial charge >= 0.3 is 0 Å². The summed E-state index contributed by atoms with van der Waals surface area (Å²) in [6.07, 6.45) is 7.32. The summed E-state index contributed by atoms with van der Waals surface area (Å²) < 4.78 is 48.6. The number of nitrogens with zero attached hydrogens (tertiary/aromatic N) is 1. The van der Waals surface area contributed by atoms with E-state index in [0.717, 1.165) is 17.9 Å². The van der Waals surface area contributed by atoms with Crippen molar-refractivity contribution in [1.29, 1.82) is 0 Å². The van der Waals surface area contributed by atoms with E-state index in [0.29, 0.717) is 39.2 Å². The van der Waals surface area contributed by atoms with Gasteiger partial charge in [0.25, 0.3) is 0 Å². The number of hydrogen-bond acceptors (Lipinski definition) is 6. The van der Waals surface area contributed by atoms with Crippen molar-refractivity contribution in [3.8, 4) is 22.6 Å². The van der Waals surface area contributed by atoms with Crippen molar-refractivity contribution in [2.45, 2.75) is 17.9 Å². The van der Waals surface area contributed by atoms with Gasteiger partial charge in [-0.2, -0.15) is 0 Å². The molecule has 0 fully saturated rings. The molecule has 4 aromatic rings. The highest BCUT2D eigenvalue weighted by Crippen LogP contribution is 2.30. The van der Waals surface area contributed by atoms with Crippen LogP contribution in [0.1, 0.15) is 24.1 Å². The number of H-pyrrole nitrogens is 1.